The molecule has 0 spiro atoms. The van der Waals surface area contributed by atoms with Gasteiger partial charge in [0.1, 0.15) is 0 Å². The zero-order valence-corrected chi connectivity index (χ0v) is 14.7. The van der Waals surface area contributed by atoms with E-state index in [0.29, 0.717) is 18.4 Å². The second-order valence-electron chi connectivity index (χ2n) is 6.35. The number of carboxylic acid groups (broad SMARTS) is 1. The standard InChI is InChI=1S/C17H21NO6S/c1-2-24-17(21)18-10-9-13(16(19)20)15(18)12-5-3-4-6-14(12)25(22,23)11-7-8-11/h3-6,11,13,15H,2,7-10H2,1H3,(H,19,20)/t13-,15+/m1/s1. The minimum Gasteiger partial charge on any atom is -0.481 e. The highest BCUT2D eigenvalue weighted by Crippen LogP contribution is 2.43. The van der Waals surface area contributed by atoms with Crippen LogP contribution in [0.25, 0.3) is 0 Å². The van der Waals surface area contributed by atoms with Crippen molar-refractivity contribution in [2.75, 3.05) is 13.2 Å². The largest absolute Gasteiger partial charge is 0.481 e. The van der Waals surface area contributed by atoms with Crippen molar-refractivity contribution in [3.8, 4) is 0 Å². The van der Waals surface area contributed by atoms with Crippen LogP contribution in [0.1, 0.15) is 37.8 Å². The molecule has 3 rings (SSSR count). The summed E-state index contributed by atoms with van der Waals surface area (Å²) < 4.78 is 30.6. The monoisotopic (exact) mass is 367 g/mol. The van der Waals surface area contributed by atoms with Gasteiger partial charge in [0, 0.05) is 6.54 Å². The van der Waals surface area contributed by atoms with Crippen LogP contribution in [0.3, 0.4) is 0 Å². The van der Waals surface area contributed by atoms with Crippen LogP contribution < -0.4 is 0 Å². The lowest BCUT2D eigenvalue weighted by Crippen LogP contribution is -2.35. The van der Waals surface area contributed by atoms with Crippen LogP contribution in [0.15, 0.2) is 29.2 Å². The maximum Gasteiger partial charge on any atom is 0.410 e. The maximum atomic E-state index is 12.8. The summed E-state index contributed by atoms with van der Waals surface area (Å²) in [6.07, 6.45) is 0.877. The third kappa shape index (κ3) is 3.22. The lowest BCUT2D eigenvalue weighted by molar-refractivity contribution is -0.142. The Bertz CT molecular complexity index is 786. The van der Waals surface area contributed by atoms with Gasteiger partial charge in [-0.3, -0.25) is 4.79 Å². The SMILES string of the molecule is CCOC(=O)N1CC[C@@H](C(=O)O)[C@@H]1c1ccccc1S(=O)(=O)C1CC1. The summed E-state index contributed by atoms with van der Waals surface area (Å²) in [5.74, 6) is -1.91. The molecule has 8 heteroatoms. The summed E-state index contributed by atoms with van der Waals surface area (Å²) in [6, 6.07) is 5.55. The van der Waals surface area contributed by atoms with E-state index in [0.717, 1.165) is 0 Å². The lowest BCUT2D eigenvalue weighted by atomic mass is 9.94. The summed E-state index contributed by atoms with van der Waals surface area (Å²) in [6.45, 7) is 2.06. The number of rotatable bonds is 5. The number of ether oxygens (including phenoxy) is 1. The zero-order valence-electron chi connectivity index (χ0n) is 13.9. The number of likely N-dealkylation sites (tertiary alicyclic amines) is 1. The number of carbonyl (C=O) groups excluding carboxylic acids is 1. The predicted octanol–water partition coefficient (Wildman–Crippen LogP) is 2.23. The molecule has 0 bridgehead atoms. The molecule has 1 saturated heterocycles. The molecule has 1 heterocycles. The summed E-state index contributed by atoms with van der Waals surface area (Å²) in [5.41, 5.74) is 0.368. The van der Waals surface area contributed by atoms with Gasteiger partial charge in [-0.1, -0.05) is 18.2 Å². The Morgan fingerprint density at radius 2 is 1.92 bits per heavy atom. The quantitative estimate of drug-likeness (QED) is 0.856. The number of aliphatic carboxylic acids is 1. The van der Waals surface area contributed by atoms with Crippen LogP contribution in [0.5, 0.6) is 0 Å². The predicted molar refractivity (Wildman–Crippen MR) is 88.9 cm³/mol. The van der Waals surface area contributed by atoms with Crippen molar-refractivity contribution < 1.29 is 27.9 Å². The number of nitrogens with zero attached hydrogens (tertiary/aromatic N) is 1. The molecule has 1 aliphatic carbocycles. The van der Waals surface area contributed by atoms with Crippen molar-refractivity contribution in [1.82, 2.24) is 4.90 Å². The normalized spacial score (nSPS) is 23.5. The van der Waals surface area contributed by atoms with Gasteiger partial charge in [-0.25, -0.2) is 13.2 Å². The average Bonchev–Trinajstić information content (AvgIpc) is 3.34. The number of hydrogen-bond donors (Lipinski definition) is 1. The van der Waals surface area contributed by atoms with Crippen molar-refractivity contribution in [3.05, 3.63) is 29.8 Å². The first kappa shape index (κ1) is 17.7. The number of carbonyl (C=O) groups is 2. The first-order chi connectivity index (χ1) is 11.9. The third-order valence-electron chi connectivity index (χ3n) is 4.72. The van der Waals surface area contributed by atoms with E-state index < -0.39 is 39.1 Å². The van der Waals surface area contributed by atoms with Gasteiger partial charge in [-0.05, 0) is 37.8 Å². The number of sulfone groups is 1. The second kappa shape index (κ2) is 6.67. The molecule has 1 aromatic carbocycles. The molecule has 1 aromatic rings. The summed E-state index contributed by atoms with van der Waals surface area (Å²) >= 11 is 0. The topological polar surface area (TPSA) is 101 Å². The third-order valence-corrected chi connectivity index (χ3v) is 7.06. The molecule has 2 fully saturated rings. The Morgan fingerprint density at radius 3 is 2.52 bits per heavy atom. The van der Waals surface area contributed by atoms with Crippen molar-refractivity contribution in [1.29, 1.82) is 0 Å². The van der Waals surface area contributed by atoms with E-state index in [1.54, 1.807) is 25.1 Å². The van der Waals surface area contributed by atoms with Gasteiger partial charge in [0.05, 0.1) is 28.7 Å². The van der Waals surface area contributed by atoms with E-state index in [4.69, 9.17) is 4.74 Å². The highest BCUT2D eigenvalue weighted by atomic mass is 32.2. The molecule has 136 valence electrons. The fraction of sp³-hybridized carbons (Fsp3) is 0.529. The van der Waals surface area contributed by atoms with Crippen LogP contribution in [0.2, 0.25) is 0 Å². The molecule has 1 N–H and O–H groups in total. The molecule has 2 aliphatic rings. The van der Waals surface area contributed by atoms with Crippen LogP contribution >= 0.6 is 0 Å². The van der Waals surface area contributed by atoms with Crippen LogP contribution in [-0.4, -0.2) is 48.9 Å². The molecule has 0 unspecified atom stereocenters. The van der Waals surface area contributed by atoms with Gasteiger partial charge in [0.15, 0.2) is 9.84 Å². The maximum absolute atomic E-state index is 12.8. The Labute approximate surface area is 146 Å². The first-order valence-corrected chi connectivity index (χ1v) is 9.91. The Kier molecular flexibility index (Phi) is 4.73. The Balaban J connectivity index is 2.07. The van der Waals surface area contributed by atoms with Gasteiger partial charge in [0.2, 0.25) is 0 Å². The molecule has 0 radical (unpaired) electrons. The summed E-state index contributed by atoms with van der Waals surface area (Å²) in [5, 5.41) is 9.15. The van der Waals surface area contributed by atoms with Crippen molar-refractivity contribution >= 4 is 21.9 Å². The van der Waals surface area contributed by atoms with Crippen LogP contribution in [-0.2, 0) is 19.4 Å². The highest BCUT2D eigenvalue weighted by molar-refractivity contribution is 7.92. The second-order valence-corrected chi connectivity index (χ2v) is 8.55. The highest BCUT2D eigenvalue weighted by Gasteiger charge is 2.46. The fourth-order valence-electron chi connectivity index (χ4n) is 3.39. The van der Waals surface area contributed by atoms with Gasteiger partial charge in [-0.15, -0.1) is 0 Å². The lowest BCUT2D eigenvalue weighted by Gasteiger charge is -2.28. The van der Waals surface area contributed by atoms with E-state index in [9.17, 15) is 23.1 Å². The molecule has 1 saturated carbocycles. The van der Waals surface area contributed by atoms with E-state index >= 15 is 0 Å². The Morgan fingerprint density at radius 1 is 1.24 bits per heavy atom. The van der Waals surface area contributed by atoms with Crippen LogP contribution in [0.4, 0.5) is 4.79 Å². The Hall–Kier alpha value is -2.09. The van der Waals surface area contributed by atoms with Crippen molar-refractivity contribution in [2.45, 2.75) is 42.4 Å². The average molecular weight is 367 g/mol. The number of amides is 1. The van der Waals surface area contributed by atoms with E-state index in [1.165, 1.54) is 11.0 Å². The first-order valence-electron chi connectivity index (χ1n) is 8.37. The minimum atomic E-state index is -3.52. The minimum absolute atomic E-state index is 0.130. The molecule has 0 aromatic heterocycles. The van der Waals surface area contributed by atoms with E-state index in [-0.39, 0.29) is 24.5 Å². The summed E-state index contributed by atoms with van der Waals surface area (Å²) in [4.78, 5) is 25.4. The van der Waals surface area contributed by atoms with Crippen molar-refractivity contribution in [2.24, 2.45) is 5.92 Å². The molecule has 1 amide bonds. The zero-order chi connectivity index (χ0) is 18.2. The molecule has 7 nitrogen and oxygen atoms in total. The van der Waals surface area contributed by atoms with E-state index in [1.807, 2.05) is 0 Å². The van der Waals surface area contributed by atoms with Crippen molar-refractivity contribution in [3.63, 3.8) is 0 Å². The molecule has 1 aliphatic heterocycles. The molecule has 25 heavy (non-hydrogen) atoms. The van der Waals surface area contributed by atoms with Gasteiger partial charge >= 0.3 is 12.1 Å². The number of benzene rings is 1. The molecular formula is C17H21NO6S. The number of carboxylic acids is 1. The van der Waals surface area contributed by atoms with Gasteiger partial charge < -0.3 is 14.7 Å². The van der Waals surface area contributed by atoms with Gasteiger partial charge in [-0.2, -0.15) is 0 Å². The summed E-state index contributed by atoms with van der Waals surface area (Å²) in [7, 11) is -3.52. The smallest absolute Gasteiger partial charge is 0.410 e. The van der Waals surface area contributed by atoms with E-state index in [2.05, 4.69) is 0 Å². The van der Waals surface area contributed by atoms with Gasteiger partial charge in [0.25, 0.3) is 0 Å². The number of hydrogen-bond acceptors (Lipinski definition) is 5. The molecular weight excluding hydrogens is 346 g/mol. The molecule has 2 atom stereocenters. The van der Waals surface area contributed by atoms with Crippen LogP contribution in [0, 0.1) is 5.92 Å². The fourth-order valence-corrected chi connectivity index (χ4v) is 5.29.